The summed E-state index contributed by atoms with van der Waals surface area (Å²) >= 11 is 3.37. The Kier molecular flexibility index (Phi) is 4.31. The average Bonchev–Trinajstić information content (AvgIpc) is 2.39. The zero-order valence-corrected chi connectivity index (χ0v) is 11.4. The number of nitrogens with zero attached hydrogens (tertiary/aromatic N) is 1. The Labute approximate surface area is 110 Å². The molecule has 1 aliphatic rings. The van der Waals surface area contributed by atoms with E-state index in [1.165, 1.54) is 0 Å². The normalized spacial score (nSPS) is 18.9. The van der Waals surface area contributed by atoms with E-state index in [9.17, 15) is 4.79 Å². The van der Waals surface area contributed by atoms with Crippen molar-refractivity contribution in [3.63, 3.8) is 0 Å². The quantitative estimate of drug-likeness (QED) is 0.802. The highest BCUT2D eigenvalue weighted by Gasteiger charge is 2.23. The third-order valence-corrected chi connectivity index (χ3v) is 3.63. The van der Waals surface area contributed by atoms with Crippen molar-refractivity contribution in [3.8, 4) is 0 Å². The molecule has 1 aromatic carbocycles. The van der Waals surface area contributed by atoms with E-state index < -0.39 is 0 Å². The van der Waals surface area contributed by atoms with E-state index in [4.69, 9.17) is 4.74 Å². The van der Waals surface area contributed by atoms with Gasteiger partial charge in [0.05, 0.1) is 19.3 Å². The van der Waals surface area contributed by atoms with Crippen LogP contribution in [0.2, 0.25) is 0 Å². The Bertz CT molecular complexity index is 385. The average molecular weight is 298 g/mol. The van der Waals surface area contributed by atoms with Gasteiger partial charge in [0.1, 0.15) is 0 Å². The SMILES string of the molecule is CC(C(=O)c1ccc(Br)cc1)N1CCOCC1. The molecule has 0 aliphatic carbocycles. The highest BCUT2D eigenvalue weighted by molar-refractivity contribution is 9.10. The largest absolute Gasteiger partial charge is 0.379 e. The second-order valence-corrected chi connectivity index (χ2v) is 5.11. The molecule has 1 aliphatic heterocycles. The van der Waals surface area contributed by atoms with Crippen LogP contribution in [-0.4, -0.2) is 43.0 Å². The van der Waals surface area contributed by atoms with Crippen LogP contribution in [0.4, 0.5) is 0 Å². The minimum atomic E-state index is -0.0694. The first-order valence-corrected chi connectivity index (χ1v) is 6.59. The first-order chi connectivity index (χ1) is 8.18. The zero-order valence-electron chi connectivity index (χ0n) is 9.86. The van der Waals surface area contributed by atoms with Gasteiger partial charge in [0, 0.05) is 23.1 Å². The zero-order chi connectivity index (χ0) is 12.3. The van der Waals surface area contributed by atoms with Crippen molar-refractivity contribution in [2.24, 2.45) is 0 Å². The Morgan fingerprint density at radius 3 is 2.47 bits per heavy atom. The maximum absolute atomic E-state index is 12.3. The number of Topliss-reactive ketones (excluding diaryl/α,β-unsaturated/α-hetero) is 1. The van der Waals surface area contributed by atoms with Crippen molar-refractivity contribution >= 4 is 21.7 Å². The summed E-state index contributed by atoms with van der Waals surface area (Å²) in [5.41, 5.74) is 0.771. The van der Waals surface area contributed by atoms with Gasteiger partial charge in [-0.2, -0.15) is 0 Å². The third kappa shape index (κ3) is 3.15. The molecule has 0 N–H and O–H groups in total. The number of rotatable bonds is 3. The van der Waals surface area contributed by atoms with Crippen molar-refractivity contribution in [1.29, 1.82) is 0 Å². The van der Waals surface area contributed by atoms with E-state index in [0.29, 0.717) is 0 Å². The molecule has 3 nitrogen and oxygen atoms in total. The molecule has 1 aromatic rings. The lowest BCUT2D eigenvalue weighted by Gasteiger charge is -2.31. The molecular formula is C13H16BrNO2. The van der Waals surface area contributed by atoms with Crippen molar-refractivity contribution in [2.75, 3.05) is 26.3 Å². The molecule has 1 atom stereocenters. The maximum Gasteiger partial charge on any atom is 0.179 e. The van der Waals surface area contributed by atoms with Crippen LogP contribution in [0.1, 0.15) is 17.3 Å². The van der Waals surface area contributed by atoms with Crippen LogP contribution in [-0.2, 0) is 4.74 Å². The number of morpholine rings is 1. The molecule has 92 valence electrons. The van der Waals surface area contributed by atoms with Crippen LogP contribution in [0.25, 0.3) is 0 Å². The van der Waals surface area contributed by atoms with Crippen molar-refractivity contribution < 1.29 is 9.53 Å². The van der Waals surface area contributed by atoms with E-state index in [1.807, 2.05) is 31.2 Å². The molecule has 1 fully saturated rings. The molecule has 0 radical (unpaired) electrons. The third-order valence-electron chi connectivity index (χ3n) is 3.10. The van der Waals surface area contributed by atoms with Crippen LogP contribution in [0, 0.1) is 0 Å². The first kappa shape index (κ1) is 12.7. The van der Waals surface area contributed by atoms with Crippen LogP contribution in [0.15, 0.2) is 28.7 Å². The van der Waals surface area contributed by atoms with Gasteiger partial charge >= 0.3 is 0 Å². The summed E-state index contributed by atoms with van der Waals surface area (Å²) in [6.45, 7) is 5.08. The van der Waals surface area contributed by atoms with Crippen LogP contribution >= 0.6 is 15.9 Å². The first-order valence-electron chi connectivity index (χ1n) is 5.80. The maximum atomic E-state index is 12.3. The summed E-state index contributed by atoms with van der Waals surface area (Å²) in [7, 11) is 0. The molecule has 1 saturated heterocycles. The second kappa shape index (κ2) is 5.76. The topological polar surface area (TPSA) is 29.5 Å². The van der Waals surface area contributed by atoms with Crippen molar-refractivity contribution in [1.82, 2.24) is 4.90 Å². The molecule has 0 aromatic heterocycles. The number of ether oxygens (including phenoxy) is 1. The predicted molar refractivity (Wildman–Crippen MR) is 70.3 cm³/mol. The molecular weight excluding hydrogens is 282 g/mol. The summed E-state index contributed by atoms with van der Waals surface area (Å²) in [4.78, 5) is 14.4. The van der Waals surface area contributed by atoms with E-state index in [-0.39, 0.29) is 11.8 Å². The molecule has 1 unspecified atom stereocenters. The lowest BCUT2D eigenvalue weighted by molar-refractivity contribution is 0.0208. The minimum Gasteiger partial charge on any atom is -0.379 e. The van der Waals surface area contributed by atoms with Crippen molar-refractivity contribution in [3.05, 3.63) is 34.3 Å². The number of hydrogen-bond acceptors (Lipinski definition) is 3. The van der Waals surface area contributed by atoms with Gasteiger partial charge in [0.25, 0.3) is 0 Å². The van der Waals surface area contributed by atoms with Crippen LogP contribution < -0.4 is 0 Å². The predicted octanol–water partition coefficient (Wildman–Crippen LogP) is 2.35. The van der Waals surface area contributed by atoms with Gasteiger partial charge in [0.2, 0.25) is 0 Å². The Balaban J connectivity index is 2.05. The van der Waals surface area contributed by atoms with E-state index in [1.54, 1.807) is 0 Å². The van der Waals surface area contributed by atoms with E-state index >= 15 is 0 Å². The van der Waals surface area contributed by atoms with Gasteiger partial charge in [0.15, 0.2) is 5.78 Å². The van der Waals surface area contributed by atoms with Crippen molar-refractivity contribution in [2.45, 2.75) is 13.0 Å². The Morgan fingerprint density at radius 1 is 1.29 bits per heavy atom. The summed E-state index contributed by atoms with van der Waals surface area (Å²) in [6.07, 6.45) is 0. The number of halogens is 1. The molecule has 0 spiro atoms. The molecule has 0 bridgehead atoms. The fourth-order valence-corrected chi connectivity index (χ4v) is 2.25. The molecule has 0 amide bonds. The van der Waals surface area contributed by atoms with Gasteiger partial charge in [-0.15, -0.1) is 0 Å². The van der Waals surface area contributed by atoms with E-state index in [2.05, 4.69) is 20.8 Å². The monoisotopic (exact) mass is 297 g/mol. The molecule has 0 saturated carbocycles. The number of hydrogen-bond donors (Lipinski definition) is 0. The standard InChI is InChI=1S/C13H16BrNO2/c1-10(15-6-8-17-9-7-15)13(16)11-2-4-12(14)5-3-11/h2-5,10H,6-9H2,1H3. The lowest BCUT2D eigenvalue weighted by atomic mass is 10.0. The summed E-state index contributed by atoms with van der Waals surface area (Å²) in [5.74, 6) is 0.180. The number of ketones is 1. The van der Waals surface area contributed by atoms with Gasteiger partial charge in [-0.05, 0) is 19.1 Å². The molecule has 2 rings (SSSR count). The number of carbonyl (C=O) groups is 1. The second-order valence-electron chi connectivity index (χ2n) is 4.20. The molecule has 17 heavy (non-hydrogen) atoms. The van der Waals surface area contributed by atoms with Gasteiger partial charge < -0.3 is 4.74 Å². The minimum absolute atomic E-state index is 0.0694. The van der Waals surface area contributed by atoms with Gasteiger partial charge in [-0.3, -0.25) is 9.69 Å². The van der Waals surface area contributed by atoms with Gasteiger partial charge in [-0.1, -0.05) is 28.1 Å². The van der Waals surface area contributed by atoms with E-state index in [0.717, 1.165) is 36.3 Å². The number of carbonyl (C=O) groups excluding carboxylic acids is 1. The highest BCUT2D eigenvalue weighted by Crippen LogP contribution is 2.14. The fraction of sp³-hybridized carbons (Fsp3) is 0.462. The summed E-state index contributed by atoms with van der Waals surface area (Å²) in [5, 5.41) is 0. The van der Waals surface area contributed by atoms with Gasteiger partial charge in [-0.25, -0.2) is 0 Å². The fourth-order valence-electron chi connectivity index (χ4n) is 1.99. The summed E-state index contributed by atoms with van der Waals surface area (Å²) in [6, 6.07) is 7.46. The Morgan fingerprint density at radius 2 is 1.88 bits per heavy atom. The number of benzene rings is 1. The smallest absolute Gasteiger partial charge is 0.179 e. The summed E-state index contributed by atoms with van der Waals surface area (Å²) < 4.78 is 6.29. The van der Waals surface area contributed by atoms with Crippen LogP contribution in [0.3, 0.4) is 0 Å². The lowest BCUT2D eigenvalue weighted by Crippen LogP contribution is -2.45. The van der Waals surface area contributed by atoms with Crippen LogP contribution in [0.5, 0.6) is 0 Å². The highest BCUT2D eigenvalue weighted by atomic mass is 79.9. The molecule has 1 heterocycles. The molecule has 4 heteroatoms. The Hall–Kier alpha value is -0.710.